The van der Waals surface area contributed by atoms with Crippen LogP contribution in [-0.4, -0.2) is 59.6 Å². The molecule has 0 radical (unpaired) electrons. The third-order valence-electron chi connectivity index (χ3n) is 8.93. The quantitative estimate of drug-likeness (QED) is 0.119. The van der Waals surface area contributed by atoms with Crippen LogP contribution in [0.15, 0.2) is 78.9 Å². The standard InChI is InChI=1S/C37H36F5N3O4/c38-31-30(32(39)34(41)35(42)33(31)40)36(47)43-19-23-6-12-27(13-7-23)37-48-28(18-29(49-37)26-10-8-25(22-46)9-11-26)21-45-16-14-44(15-17-45)20-24-4-2-1-3-5-24/h1-13,28-29,37,46H,14-22H2,(H,43,47)/t28-,29+,37+/m0/s1. The Morgan fingerprint density at radius 3 is 1.90 bits per heavy atom. The Morgan fingerprint density at radius 2 is 1.27 bits per heavy atom. The molecule has 6 rings (SSSR count). The maximum atomic E-state index is 14.1. The van der Waals surface area contributed by atoms with E-state index >= 15 is 0 Å². The highest BCUT2D eigenvalue weighted by Gasteiger charge is 2.34. The number of hydrogen-bond donors (Lipinski definition) is 2. The van der Waals surface area contributed by atoms with Gasteiger partial charge in [0, 0.05) is 57.8 Å². The molecule has 2 saturated heterocycles. The highest BCUT2D eigenvalue weighted by molar-refractivity contribution is 5.94. The molecule has 7 nitrogen and oxygen atoms in total. The van der Waals surface area contributed by atoms with E-state index in [2.05, 4.69) is 39.4 Å². The van der Waals surface area contributed by atoms with Crippen molar-refractivity contribution in [3.05, 3.63) is 141 Å². The van der Waals surface area contributed by atoms with Crippen molar-refractivity contribution < 1.29 is 41.3 Å². The van der Waals surface area contributed by atoms with Gasteiger partial charge in [0.1, 0.15) is 5.56 Å². The molecule has 12 heteroatoms. The highest BCUT2D eigenvalue weighted by Crippen LogP contribution is 2.38. The molecule has 2 N–H and O–H groups in total. The molecule has 3 atom stereocenters. The molecule has 0 aromatic heterocycles. The Bertz CT molecular complexity index is 1710. The molecule has 0 spiro atoms. The second-order valence-corrected chi connectivity index (χ2v) is 12.3. The van der Waals surface area contributed by atoms with Gasteiger partial charge in [0.05, 0.1) is 18.8 Å². The van der Waals surface area contributed by atoms with Crippen LogP contribution in [-0.2, 0) is 29.2 Å². The number of carbonyl (C=O) groups excluding carboxylic acids is 1. The molecular weight excluding hydrogens is 645 g/mol. The second-order valence-electron chi connectivity index (χ2n) is 12.3. The van der Waals surface area contributed by atoms with E-state index in [1.165, 1.54) is 5.56 Å². The zero-order valence-corrected chi connectivity index (χ0v) is 26.6. The van der Waals surface area contributed by atoms with Gasteiger partial charge in [-0.05, 0) is 22.3 Å². The first kappa shape index (κ1) is 34.7. The van der Waals surface area contributed by atoms with Crippen LogP contribution in [0.2, 0.25) is 0 Å². The van der Waals surface area contributed by atoms with Crippen molar-refractivity contribution in [2.75, 3.05) is 32.7 Å². The average Bonchev–Trinajstić information content (AvgIpc) is 3.14. The molecule has 0 unspecified atom stereocenters. The van der Waals surface area contributed by atoms with Crippen LogP contribution in [0.3, 0.4) is 0 Å². The van der Waals surface area contributed by atoms with Gasteiger partial charge in [0.25, 0.3) is 5.91 Å². The van der Waals surface area contributed by atoms with Crippen LogP contribution in [0.25, 0.3) is 0 Å². The minimum absolute atomic E-state index is 0.0647. The molecule has 4 aromatic rings. The molecule has 2 aliphatic heterocycles. The first-order chi connectivity index (χ1) is 23.7. The molecule has 4 aromatic carbocycles. The first-order valence-corrected chi connectivity index (χ1v) is 16.1. The van der Waals surface area contributed by atoms with Crippen LogP contribution < -0.4 is 5.32 Å². The number of amides is 1. The SMILES string of the molecule is O=C(NCc1ccc([C@@H]2O[C@H](CN3CCN(Cc4ccccc4)CC3)C[C@H](c3ccc(CO)cc3)O2)cc1)c1c(F)c(F)c(F)c(F)c1F. The molecule has 2 aliphatic rings. The summed E-state index contributed by atoms with van der Waals surface area (Å²) in [6.07, 6.45) is -0.531. The maximum Gasteiger partial charge on any atom is 0.257 e. The third-order valence-corrected chi connectivity index (χ3v) is 8.93. The molecule has 258 valence electrons. The number of nitrogens with zero attached hydrogens (tertiary/aromatic N) is 2. The topological polar surface area (TPSA) is 74.3 Å². The van der Waals surface area contributed by atoms with E-state index in [9.17, 15) is 31.9 Å². The molecular formula is C37H36F5N3O4. The summed E-state index contributed by atoms with van der Waals surface area (Å²) in [5.41, 5.74) is 2.70. The Hall–Kier alpha value is -4.20. The Labute approximate surface area is 280 Å². The van der Waals surface area contributed by atoms with Crippen molar-refractivity contribution in [1.29, 1.82) is 0 Å². The zero-order chi connectivity index (χ0) is 34.5. The number of rotatable bonds is 10. The van der Waals surface area contributed by atoms with Crippen LogP contribution in [0.5, 0.6) is 0 Å². The molecule has 49 heavy (non-hydrogen) atoms. The number of halogens is 5. The van der Waals surface area contributed by atoms with Crippen molar-refractivity contribution in [3.63, 3.8) is 0 Å². The van der Waals surface area contributed by atoms with Gasteiger partial charge in [-0.25, -0.2) is 22.0 Å². The Kier molecular flexibility index (Phi) is 11.0. The van der Waals surface area contributed by atoms with Crippen LogP contribution in [0.1, 0.15) is 57.0 Å². The number of hydrogen-bond acceptors (Lipinski definition) is 6. The normalized spacial score (nSPS) is 20.3. The number of nitrogens with one attached hydrogen (secondary N) is 1. The lowest BCUT2D eigenvalue weighted by Crippen LogP contribution is -2.49. The Morgan fingerprint density at radius 1 is 0.694 bits per heavy atom. The van der Waals surface area contributed by atoms with Crippen molar-refractivity contribution in [3.8, 4) is 0 Å². The number of piperazine rings is 1. The van der Waals surface area contributed by atoms with Gasteiger partial charge in [0.2, 0.25) is 5.82 Å². The van der Waals surface area contributed by atoms with Gasteiger partial charge in [0.15, 0.2) is 29.6 Å². The summed E-state index contributed by atoms with van der Waals surface area (Å²) in [7, 11) is 0. The number of ether oxygens (including phenoxy) is 2. The summed E-state index contributed by atoms with van der Waals surface area (Å²) < 4.78 is 81.6. The predicted octanol–water partition coefficient (Wildman–Crippen LogP) is 6.17. The van der Waals surface area contributed by atoms with Crippen molar-refractivity contribution in [1.82, 2.24) is 15.1 Å². The summed E-state index contributed by atoms with van der Waals surface area (Å²) in [6, 6.07) is 24.8. The number of carbonyl (C=O) groups is 1. The fraction of sp³-hybridized carbons (Fsp3) is 0.324. The van der Waals surface area contributed by atoms with Crippen LogP contribution in [0.4, 0.5) is 22.0 Å². The third kappa shape index (κ3) is 8.17. The summed E-state index contributed by atoms with van der Waals surface area (Å²) in [5, 5.41) is 11.7. The summed E-state index contributed by atoms with van der Waals surface area (Å²) in [6.45, 7) is 5.01. The lowest BCUT2D eigenvalue weighted by Gasteiger charge is -2.40. The van der Waals surface area contributed by atoms with E-state index < -0.39 is 46.8 Å². The minimum Gasteiger partial charge on any atom is -0.392 e. The molecule has 2 fully saturated rings. The monoisotopic (exact) mass is 681 g/mol. The van der Waals surface area contributed by atoms with Crippen molar-refractivity contribution in [2.24, 2.45) is 0 Å². The van der Waals surface area contributed by atoms with Crippen LogP contribution >= 0.6 is 0 Å². The predicted molar refractivity (Wildman–Crippen MR) is 170 cm³/mol. The van der Waals surface area contributed by atoms with E-state index in [1.54, 1.807) is 24.3 Å². The van der Waals surface area contributed by atoms with E-state index in [0.717, 1.165) is 43.9 Å². The lowest BCUT2D eigenvalue weighted by molar-refractivity contribution is -0.253. The molecule has 0 aliphatic carbocycles. The van der Waals surface area contributed by atoms with Gasteiger partial charge in [-0.3, -0.25) is 14.6 Å². The van der Waals surface area contributed by atoms with E-state index in [4.69, 9.17) is 9.47 Å². The minimum atomic E-state index is -2.33. The largest absolute Gasteiger partial charge is 0.392 e. The van der Waals surface area contributed by atoms with Gasteiger partial charge < -0.3 is 19.9 Å². The maximum absolute atomic E-state index is 14.1. The highest BCUT2D eigenvalue weighted by atomic mass is 19.2. The van der Waals surface area contributed by atoms with Gasteiger partial charge in [-0.1, -0.05) is 78.9 Å². The zero-order valence-electron chi connectivity index (χ0n) is 26.6. The lowest BCUT2D eigenvalue weighted by atomic mass is 9.99. The smallest absolute Gasteiger partial charge is 0.257 e. The molecule has 1 amide bonds. The van der Waals surface area contributed by atoms with E-state index in [0.29, 0.717) is 24.1 Å². The van der Waals surface area contributed by atoms with Gasteiger partial charge in [-0.15, -0.1) is 0 Å². The van der Waals surface area contributed by atoms with Gasteiger partial charge in [-0.2, -0.15) is 0 Å². The fourth-order valence-corrected chi connectivity index (χ4v) is 6.16. The van der Waals surface area contributed by atoms with E-state index in [1.807, 2.05) is 30.3 Å². The fourth-order valence-electron chi connectivity index (χ4n) is 6.16. The molecule has 0 saturated carbocycles. The molecule has 0 bridgehead atoms. The van der Waals surface area contributed by atoms with Gasteiger partial charge >= 0.3 is 0 Å². The van der Waals surface area contributed by atoms with E-state index in [-0.39, 0.29) is 25.4 Å². The number of aliphatic hydroxyl groups is 1. The Balaban J connectivity index is 1.11. The second kappa shape index (κ2) is 15.6. The van der Waals surface area contributed by atoms with Crippen molar-refractivity contribution >= 4 is 5.91 Å². The van der Waals surface area contributed by atoms with Crippen molar-refractivity contribution in [2.45, 2.75) is 44.6 Å². The summed E-state index contributed by atoms with van der Waals surface area (Å²) in [5.74, 6) is -12.5. The average molecular weight is 682 g/mol. The summed E-state index contributed by atoms with van der Waals surface area (Å²) in [4.78, 5) is 17.2. The number of aliphatic hydroxyl groups excluding tert-OH is 1. The van der Waals surface area contributed by atoms with Crippen LogP contribution in [0, 0.1) is 29.1 Å². The summed E-state index contributed by atoms with van der Waals surface area (Å²) >= 11 is 0. The number of benzene rings is 4. The molecule has 2 heterocycles. The first-order valence-electron chi connectivity index (χ1n) is 16.1.